The van der Waals surface area contributed by atoms with Crippen LogP contribution in [0.5, 0.6) is 0 Å². The van der Waals surface area contributed by atoms with Crippen molar-refractivity contribution in [2.24, 2.45) is 0 Å². The van der Waals surface area contributed by atoms with Crippen LogP contribution in [0.25, 0.3) is 0 Å². The Hall–Kier alpha value is -1.26. The molecule has 0 saturated carbocycles. The summed E-state index contributed by atoms with van der Waals surface area (Å²) in [6.45, 7) is 6.37. The lowest BCUT2D eigenvalue weighted by Crippen LogP contribution is -2.42. The molecule has 1 aliphatic heterocycles. The Balaban J connectivity index is 2.06. The van der Waals surface area contributed by atoms with Crippen molar-refractivity contribution in [1.29, 1.82) is 0 Å². The third kappa shape index (κ3) is 4.94. The molecule has 18 heavy (non-hydrogen) atoms. The summed E-state index contributed by atoms with van der Waals surface area (Å²) in [5.41, 5.74) is 0. The number of hydrogen-bond donors (Lipinski definition) is 2. The van der Waals surface area contributed by atoms with Gasteiger partial charge in [0.25, 0.3) is 0 Å². The van der Waals surface area contributed by atoms with E-state index in [0.29, 0.717) is 13.0 Å². The second-order valence-corrected chi connectivity index (χ2v) is 4.75. The van der Waals surface area contributed by atoms with Crippen molar-refractivity contribution in [3.05, 3.63) is 0 Å². The summed E-state index contributed by atoms with van der Waals surface area (Å²) in [6, 6.07) is 0.154. The quantitative estimate of drug-likeness (QED) is 0.677. The summed E-state index contributed by atoms with van der Waals surface area (Å²) in [7, 11) is 0. The number of rotatable bonds is 7. The second kappa shape index (κ2) is 7.95. The van der Waals surface area contributed by atoms with Gasteiger partial charge in [0.1, 0.15) is 0 Å². The maximum atomic E-state index is 11.5. The molecule has 1 heterocycles. The monoisotopic (exact) mass is 255 g/mol. The minimum atomic E-state index is -0.101. The zero-order valence-electron chi connectivity index (χ0n) is 11.5. The van der Waals surface area contributed by atoms with Gasteiger partial charge < -0.3 is 15.5 Å². The van der Waals surface area contributed by atoms with Crippen molar-refractivity contribution in [3.8, 4) is 0 Å². The van der Waals surface area contributed by atoms with E-state index < -0.39 is 0 Å². The topological polar surface area (TPSA) is 61.4 Å². The van der Waals surface area contributed by atoms with Gasteiger partial charge in [0, 0.05) is 32.1 Å². The van der Waals surface area contributed by atoms with Crippen molar-refractivity contribution in [1.82, 2.24) is 15.5 Å². The first-order valence-corrected chi connectivity index (χ1v) is 6.99. The van der Waals surface area contributed by atoms with E-state index in [2.05, 4.69) is 24.5 Å². The Morgan fingerprint density at radius 3 is 2.67 bits per heavy atom. The minimum absolute atomic E-state index is 0.101. The van der Waals surface area contributed by atoms with Crippen LogP contribution < -0.4 is 10.6 Å². The number of amides is 3. The zero-order valence-corrected chi connectivity index (χ0v) is 11.5. The molecule has 0 aromatic carbocycles. The Morgan fingerprint density at radius 1 is 1.39 bits per heavy atom. The molecule has 0 atom stereocenters. The smallest absolute Gasteiger partial charge is 0.315 e. The van der Waals surface area contributed by atoms with E-state index in [-0.39, 0.29) is 18.0 Å². The minimum Gasteiger partial charge on any atom is -0.343 e. The van der Waals surface area contributed by atoms with Gasteiger partial charge in [-0.25, -0.2) is 4.79 Å². The first kappa shape index (κ1) is 14.8. The molecule has 5 heteroatoms. The van der Waals surface area contributed by atoms with Crippen molar-refractivity contribution in [2.45, 2.75) is 52.0 Å². The highest BCUT2D eigenvalue weighted by molar-refractivity contribution is 5.78. The molecule has 0 aliphatic carbocycles. The van der Waals surface area contributed by atoms with Crippen LogP contribution in [0.15, 0.2) is 0 Å². The van der Waals surface area contributed by atoms with E-state index in [1.165, 1.54) is 0 Å². The molecule has 0 unspecified atom stereocenters. The van der Waals surface area contributed by atoms with Gasteiger partial charge in [-0.15, -0.1) is 0 Å². The number of hydrogen-bond acceptors (Lipinski definition) is 2. The largest absolute Gasteiger partial charge is 0.343 e. The molecule has 3 amide bonds. The molecule has 0 spiro atoms. The highest BCUT2D eigenvalue weighted by atomic mass is 16.2. The first-order valence-electron chi connectivity index (χ1n) is 6.99. The lowest BCUT2D eigenvalue weighted by atomic mass is 10.2. The van der Waals surface area contributed by atoms with E-state index in [0.717, 1.165) is 38.8 Å². The van der Waals surface area contributed by atoms with Crippen LogP contribution in [0, 0.1) is 0 Å². The van der Waals surface area contributed by atoms with Gasteiger partial charge >= 0.3 is 6.03 Å². The van der Waals surface area contributed by atoms with Crippen molar-refractivity contribution in [3.63, 3.8) is 0 Å². The van der Waals surface area contributed by atoms with Crippen LogP contribution in [0.2, 0.25) is 0 Å². The molecule has 0 bridgehead atoms. The molecule has 1 aliphatic rings. The van der Waals surface area contributed by atoms with E-state index in [4.69, 9.17) is 0 Å². The van der Waals surface area contributed by atoms with Gasteiger partial charge in [-0.1, -0.05) is 13.8 Å². The number of nitrogens with zero attached hydrogens (tertiary/aromatic N) is 1. The van der Waals surface area contributed by atoms with Gasteiger partial charge in [0.05, 0.1) is 0 Å². The molecule has 104 valence electrons. The maximum Gasteiger partial charge on any atom is 0.315 e. The molecular weight excluding hydrogens is 230 g/mol. The molecule has 0 aromatic rings. The number of likely N-dealkylation sites (tertiary alicyclic amines) is 1. The summed E-state index contributed by atoms with van der Waals surface area (Å²) in [5.74, 6) is 0.247. The van der Waals surface area contributed by atoms with E-state index in [9.17, 15) is 9.59 Å². The van der Waals surface area contributed by atoms with E-state index in [1.807, 2.05) is 4.90 Å². The molecular formula is C13H25N3O2. The van der Waals surface area contributed by atoms with Crippen LogP contribution in [-0.4, -0.2) is 42.5 Å². The van der Waals surface area contributed by atoms with Crippen molar-refractivity contribution >= 4 is 11.9 Å². The lowest BCUT2D eigenvalue weighted by Gasteiger charge is -2.17. The van der Waals surface area contributed by atoms with Crippen LogP contribution in [0.3, 0.4) is 0 Å². The van der Waals surface area contributed by atoms with E-state index >= 15 is 0 Å². The number of urea groups is 1. The maximum absolute atomic E-state index is 11.5. The second-order valence-electron chi connectivity index (χ2n) is 4.75. The van der Waals surface area contributed by atoms with Crippen molar-refractivity contribution < 1.29 is 9.59 Å². The van der Waals surface area contributed by atoms with Crippen LogP contribution in [0.1, 0.15) is 46.0 Å². The predicted octanol–water partition coefficient (Wildman–Crippen LogP) is 1.49. The molecule has 0 radical (unpaired) electrons. The number of carbonyl (C=O) groups excluding carboxylic acids is 2. The third-order valence-corrected chi connectivity index (χ3v) is 3.38. The molecule has 0 aromatic heterocycles. The Kier molecular flexibility index (Phi) is 6.54. The Labute approximate surface area is 109 Å². The lowest BCUT2D eigenvalue weighted by molar-refractivity contribution is -0.127. The molecule has 1 fully saturated rings. The molecule has 1 saturated heterocycles. The first-order chi connectivity index (χ1) is 8.67. The number of nitrogens with one attached hydrogen (secondary N) is 2. The SMILES string of the molecule is CCC(CC)NC(=O)NCCCN1CCCC1=O. The summed E-state index contributed by atoms with van der Waals surface area (Å²) < 4.78 is 0. The summed E-state index contributed by atoms with van der Waals surface area (Å²) in [4.78, 5) is 24.8. The molecule has 2 N–H and O–H groups in total. The molecule has 1 rings (SSSR count). The summed E-state index contributed by atoms with van der Waals surface area (Å²) >= 11 is 0. The average Bonchev–Trinajstić information content (AvgIpc) is 2.77. The molecule has 5 nitrogen and oxygen atoms in total. The summed E-state index contributed by atoms with van der Waals surface area (Å²) in [6.07, 6.45) is 4.38. The fourth-order valence-corrected chi connectivity index (χ4v) is 2.14. The van der Waals surface area contributed by atoms with Crippen LogP contribution in [0.4, 0.5) is 4.79 Å². The fraction of sp³-hybridized carbons (Fsp3) is 0.846. The third-order valence-electron chi connectivity index (χ3n) is 3.38. The normalized spacial score (nSPS) is 15.3. The van der Waals surface area contributed by atoms with Crippen LogP contribution in [-0.2, 0) is 4.79 Å². The zero-order chi connectivity index (χ0) is 13.4. The van der Waals surface area contributed by atoms with E-state index in [1.54, 1.807) is 0 Å². The number of carbonyl (C=O) groups is 2. The summed E-state index contributed by atoms with van der Waals surface area (Å²) in [5, 5.41) is 5.76. The highest BCUT2D eigenvalue weighted by Crippen LogP contribution is 2.09. The van der Waals surface area contributed by atoms with Gasteiger partial charge in [-0.2, -0.15) is 0 Å². The Morgan fingerprint density at radius 2 is 2.11 bits per heavy atom. The van der Waals surface area contributed by atoms with Gasteiger partial charge in [-0.3, -0.25) is 4.79 Å². The predicted molar refractivity (Wildman–Crippen MR) is 71.3 cm³/mol. The van der Waals surface area contributed by atoms with Gasteiger partial charge in [-0.05, 0) is 25.7 Å². The Bertz CT molecular complexity index is 277. The van der Waals surface area contributed by atoms with Crippen LogP contribution >= 0.6 is 0 Å². The highest BCUT2D eigenvalue weighted by Gasteiger charge is 2.19. The van der Waals surface area contributed by atoms with Gasteiger partial charge in [0.2, 0.25) is 5.91 Å². The van der Waals surface area contributed by atoms with Gasteiger partial charge in [0.15, 0.2) is 0 Å². The average molecular weight is 255 g/mol. The fourth-order valence-electron chi connectivity index (χ4n) is 2.14. The van der Waals surface area contributed by atoms with Crippen molar-refractivity contribution in [2.75, 3.05) is 19.6 Å². The standard InChI is InChI=1S/C13H25N3O2/c1-3-11(4-2)15-13(18)14-8-6-10-16-9-5-7-12(16)17/h11H,3-10H2,1-2H3,(H2,14,15,18).